The van der Waals surface area contributed by atoms with E-state index in [-0.39, 0.29) is 19.2 Å². The van der Waals surface area contributed by atoms with Gasteiger partial charge in [0.25, 0.3) is 0 Å². The van der Waals surface area contributed by atoms with E-state index in [4.69, 9.17) is 18.9 Å². The molecule has 26 heavy (non-hydrogen) atoms. The lowest BCUT2D eigenvalue weighted by Crippen LogP contribution is -2.12. The number of methoxy groups -OCH3 is 1. The second kappa shape index (κ2) is 9.71. The molecule has 0 saturated carbocycles. The third-order valence-electron chi connectivity index (χ3n) is 3.73. The molecule has 1 heterocycles. The summed E-state index contributed by atoms with van der Waals surface area (Å²) >= 11 is 3.57. The van der Waals surface area contributed by atoms with E-state index in [1.54, 1.807) is 7.11 Å². The largest absolute Gasteiger partial charge is 0.493 e. The first kappa shape index (κ1) is 20.4. The van der Waals surface area contributed by atoms with Gasteiger partial charge in [0.2, 0.25) is 6.79 Å². The van der Waals surface area contributed by atoms with Crippen LogP contribution in [0.1, 0.15) is 11.1 Å². The fourth-order valence-electron chi connectivity index (χ4n) is 2.52. The molecular weight excluding hydrogens is 422 g/mol. The van der Waals surface area contributed by atoms with Crippen molar-refractivity contribution in [3.05, 3.63) is 58.6 Å². The molecule has 0 unspecified atom stereocenters. The number of halogens is 2. The molecule has 5 nitrogen and oxygen atoms in total. The molecule has 0 saturated heterocycles. The van der Waals surface area contributed by atoms with Crippen LogP contribution in [0.3, 0.4) is 0 Å². The van der Waals surface area contributed by atoms with Gasteiger partial charge < -0.3 is 24.3 Å². The highest BCUT2D eigenvalue weighted by Crippen LogP contribution is 2.38. The van der Waals surface area contributed by atoms with Gasteiger partial charge in [0.15, 0.2) is 23.0 Å². The van der Waals surface area contributed by atoms with Gasteiger partial charge in [0.05, 0.1) is 11.6 Å². The Kier molecular flexibility index (Phi) is 7.63. The number of hydrogen-bond acceptors (Lipinski definition) is 5. The zero-order valence-electron chi connectivity index (χ0n) is 14.4. The van der Waals surface area contributed by atoms with Crippen LogP contribution in [-0.4, -0.2) is 20.4 Å². The Morgan fingerprint density at radius 1 is 1.19 bits per heavy atom. The summed E-state index contributed by atoms with van der Waals surface area (Å²) in [5.41, 5.74) is 2.09. The lowest BCUT2D eigenvalue weighted by atomic mass is 10.2. The number of hydrogen-bond donors (Lipinski definition) is 1. The van der Waals surface area contributed by atoms with Crippen LogP contribution in [0.5, 0.6) is 23.0 Å². The molecule has 0 fully saturated rings. The van der Waals surface area contributed by atoms with Crippen molar-refractivity contribution >= 4 is 28.3 Å². The maximum absolute atomic E-state index is 5.98. The Bertz CT molecular complexity index is 769. The van der Waals surface area contributed by atoms with E-state index < -0.39 is 0 Å². The van der Waals surface area contributed by atoms with Gasteiger partial charge in [-0.3, -0.25) is 0 Å². The molecule has 7 heteroatoms. The summed E-state index contributed by atoms with van der Waals surface area (Å²) in [6.07, 6.45) is 1.83. The van der Waals surface area contributed by atoms with E-state index in [1.807, 2.05) is 36.4 Å². The topological polar surface area (TPSA) is 49.0 Å². The third-order valence-corrected chi connectivity index (χ3v) is 4.32. The van der Waals surface area contributed by atoms with Gasteiger partial charge in [-0.1, -0.05) is 12.1 Å². The quantitative estimate of drug-likeness (QED) is 0.483. The predicted octanol–water partition coefficient (Wildman–Crippen LogP) is 4.46. The molecule has 0 amide bonds. The minimum Gasteiger partial charge on any atom is -0.493 e. The van der Waals surface area contributed by atoms with E-state index in [9.17, 15) is 0 Å². The zero-order valence-corrected chi connectivity index (χ0v) is 16.8. The molecular formula is C19H21BrClNO4. The fourth-order valence-corrected chi connectivity index (χ4v) is 3.12. The first-order valence-corrected chi connectivity index (χ1v) is 8.70. The van der Waals surface area contributed by atoms with Crippen molar-refractivity contribution in [1.29, 1.82) is 0 Å². The van der Waals surface area contributed by atoms with E-state index in [0.29, 0.717) is 18.1 Å². The summed E-state index contributed by atoms with van der Waals surface area (Å²) in [5, 5.41) is 3.27. The van der Waals surface area contributed by atoms with Crippen molar-refractivity contribution in [3.8, 4) is 23.0 Å². The lowest BCUT2D eigenvalue weighted by Gasteiger charge is -2.15. The second-order valence-corrected chi connectivity index (χ2v) is 6.36. The minimum absolute atomic E-state index is 0. The molecule has 1 aliphatic rings. The highest BCUT2D eigenvalue weighted by Gasteiger charge is 2.15. The van der Waals surface area contributed by atoms with Crippen LogP contribution in [0.4, 0.5) is 0 Å². The van der Waals surface area contributed by atoms with Gasteiger partial charge in [-0.2, -0.15) is 0 Å². The van der Waals surface area contributed by atoms with Crippen LogP contribution in [0.25, 0.3) is 0 Å². The standard InChI is InChI=1S/C19H20BrNO4.ClH/c1-3-6-21-10-14-7-15(20)19(18(9-14)22-2)23-11-13-4-5-16-17(8-13)25-12-24-16;/h3-5,7-9,21H,1,6,10-12H2,2H3;1H. The molecule has 1 aliphatic heterocycles. The Hall–Kier alpha value is -1.89. The van der Waals surface area contributed by atoms with E-state index >= 15 is 0 Å². The Morgan fingerprint density at radius 3 is 2.77 bits per heavy atom. The van der Waals surface area contributed by atoms with Gasteiger partial charge >= 0.3 is 0 Å². The highest BCUT2D eigenvalue weighted by molar-refractivity contribution is 9.10. The zero-order chi connectivity index (χ0) is 17.6. The average molecular weight is 443 g/mol. The van der Waals surface area contributed by atoms with E-state index in [2.05, 4.69) is 27.8 Å². The van der Waals surface area contributed by atoms with E-state index in [0.717, 1.165) is 40.2 Å². The second-order valence-electron chi connectivity index (χ2n) is 5.50. The molecule has 1 N–H and O–H groups in total. The summed E-state index contributed by atoms with van der Waals surface area (Å²) in [4.78, 5) is 0. The number of nitrogens with one attached hydrogen (secondary N) is 1. The van der Waals surface area contributed by atoms with Crippen LogP contribution < -0.4 is 24.3 Å². The summed E-state index contributed by atoms with van der Waals surface area (Å²) in [5.74, 6) is 2.87. The van der Waals surface area contributed by atoms with Gasteiger partial charge in [0.1, 0.15) is 6.61 Å². The first-order chi connectivity index (χ1) is 12.2. The maximum Gasteiger partial charge on any atom is 0.231 e. The summed E-state index contributed by atoms with van der Waals surface area (Å²) in [7, 11) is 1.64. The summed E-state index contributed by atoms with van der Waals surface area (Å²) in [6.45, 7) is 5.84. The molecule has 2 aromatic carbocycles. The average Bonchev–Trinajstić information content (AvgIpc) is 3.08. The SMILES string of the molecule is C=CCNCc1cc(Br)c(OCc2ccc3c(c2)OCO3)c(OC)c1.Cl. The van der Waals surface area contributed by atoms with E-state index in [1.165, 1.54) is 0 Å². The Balaban J connectivity index is 0.00000243. The van der Waals surface area contributed by atoms with Crippen LogP contribution in [0, 0.1) is 0 Å². The van der Waals surface area contributed by atoms with Crippen LogP contribution in [0.2, 0.25) is 0 Å². The Morgan fingerprint density at radius 2 is 2.00 bits per heavy atom. The number of benzene rings is 2. The summed E-state index contributed by atoms with van der Waals surface area (Å²) in [6, 6.07) is 9.77. The van der Waals surface area contributed by atoms with Crippen molar-refractivity contribution in [2.45, 2.75) is 13.2 Å². The number of ether oxygens (including phenoxy) is 4. The fraction of sp³-hybridized carbons (Fsp3) is 0.263. The van der Waals surface area contributed by atoms with Crippen molar-refractivity contribution < 1.29 is 18.9 Å². The normalized spacial score (nSPS) is 11.6. The van der Waals surface area contributed by atoms with Gasteiger partial charge in [-0.25, -0.2) is 0 Å². The molecule has 2 aromatic rings. The van der Waals surface area contributed by atoms with Crippen molar-refractivity contribution in [2.24, 2.45) is 0 Å². The number of fused-ring (bicyclic) bond motifs is 1. The lowest BCUT2D eigenvalue weighted by molar-refractivity contribution is 0.174. The molecule has 0 bridgehead atoms. The van der Waals surface area contributed by atoms with Gasteiger partial charge in [0, 0.05) is 13.1 Å². The van der Waals surface area contributed by atoms with Gasteiger partial charge in [-0.15, -0.1) is 19.0 Å². The molecule has 0 aliphatic carbocycles. The predicted molar refractivity (Wildman–Crippen MR) is 107 cm³/mol. The molecule has 0 atom stereocenters. The molecule has 0 radical (unpaired) electrons. The summed E-state index contributed by atoms with van der Waals surface area (Å²) < 4.78 is 23.0. The highest BCUT2D eigenvalue weighted by atomic mass is 79.9. The molecule has 3 rings (SSSR count). The monoisotopic (exact) mass is 441 g/mol. The number of rotatable bonds is 8. The molecule has 0 aromatic heterocycles. The maximum atomic E-state index is 5.98. The molecule has 140 valence electrons. The van der Waals surface area contributed by atoms with Crippen molar-refractivity contribution in [2.75, 3.05) is 20.4 Å². The van der Waals surface area contributed by atoms with Crippen LogP contribution >= 0.6 is 28.3 Å². The molecule has 0 spiro atoms. The van der Waals surface area contributed by atoms with Crippen molar-refractivity contribution in [1.82, 2.24) is 5.32 Å². The smallest absolute Gasteiger partial charge is 0.231 e. The van der Waals surface area contributed by atoms with Gasteiger partial charge in [-0.05, 0) is 51.3 Å². The van der Waals surface area contributed by atoms with Crippen molar-refractivity contribution in [3.63, 3.8) is 0 Å². The minimum atomic E-state index is 0. The third kappa shape index (κ3) is 4.84. The first-order valence-electron chi connectivity index (χ1n) is 7.90. The Labute approximate surface area is 167 Å². The van der Waals surface area contributed by atoms with Crippen LogP contribution in [0.15, 0.2) is 47.5 Å². The van der Waals surface area contributed by atoms with Crippen LogP contribution in [-0.2, 0) is 13.2 Å².